The summed E-state index contributed by atoms with van der Waals surface area (Å²) in [5.74, 6) is -0.0587. The van der Waals surface area contributed by atoms with Gasteiger partial charge in [-0.15, -0.1) is 0 Å². The summed E-state index contributed by atoms with van der Waals surface area (Å²) in [6.45, 7) is 1.99. The third-order valence-corrected chi connectivity index (χ3v) is 5.65. The molecule has 1 saturated carbocycles. The monoisotopic (exact) mass is 422 g/mol. The molecular formula is C23H26N4O4. The van der Waals surface area contributed by atoms with Gasteiger partial charge in [0.15, 0.2) is 0 Å². The second kappa shape index (κ2) is 9.26. The fourth-order valence-corrected chi connectivity index (χ4v) is 3.98. The zero-order valence-electron chi connectivity index (χ0n) is 17.7. The van der Waals surface area contributed by atoms with Crippen LogP contribution in [-0.4, -0.2) is 38.1 Å². The molecule has 3 aromatic rings. The van der Waals surface area contributed by atoms with Crippen molar-refractivity contribution in [2.75, 3.05) is 7.11 Å². The fourth-order valence-electron chi connectivity index (χ4n) is 3.98. The Bertz CT molecular complexity index is 1080. The van der Waals surface area contributed by atoms with Crippen LogP contribution in [-0.2, 0) is 16.1 Å². The predicted molar refractivity (Wildman–Crippen MR) is 115 cm³/mol. The molecule has 0 bridgehead atoms. The third-order valence-electron chi connectivity index (χ3n) is 5.65. The quantitative estimate of drug-likeness (QED) is 0.549. The van der Waals surface area contributed by atoms with E-state index in [1.165, 1.54) is 19.3 Å². The molecule has 1 aliphatic carbocycles. The van der Waals surface area contributed by atoms with E-state index >= 15 is 0 Å². The summed E-state index contributed by atoms with van der Waals surface area (Å²) >= 11 is 0. The van der Waals surface area contributed by atoms with Gasteiger partial charge in [0.1, 0.15) is 0 Å². The van der Waals surface area contributed by atoms with Crippen molar-refractivity contribution >= 4 is 12.0 Å². The Balaban J connectivity index is 1.59. The molecule has 31 heavy (non-hydrogen) atoms. The molecule has 8 heteroatoms. The van der Waals surface area contributed by atoms with Crippen LogP contribution in [0.5, 0.6) is 0 Å². The maximum atomic E-state index is 11.0. The van der Waals surface area contributed by atoms with Crippen molar-refractivity contribution in [3.05, 3.63) is 47.3 Å². The average Bonchev–Trinajstić information content (AvgIpc) is 3.42. The van der Waals surface area contributed by atoms with Crippen LogP contribution >= 0.6 is 0 Å². The van der Waals surface area contributed by atoms with Gasteiger partial charge in [0.25, 0.3) is 5.89 Å². The number of carbonyl (C=O) groups is 1. The summed E-state index contributed by atoms with van der Waals surface area (Å²) in [5, 5.41) is 17.8. The van der Waals surface area contributed by atoms with Crippen LogP contribution in [0.15, 0.2) is 40.6 Å². The van der Waals surface area contributed by atoms with E-state index in [1.54, 1.807) is 26.3 Å². The topological polar surface area (TPSA) is 103 Å². The van der Waals surface area contributed by atoms with Crippen molar-refractivity contribution in [2.45, 2.75) is 51.7 Å². The zero-order chi connectivity index (χ0) is 21.8. The summed E-state index contributed by atoms with van der Waals surface area (Å²) in [7, 11) is 1.67. The largest absolute Gasteiger partial charge is 0.478 e. The molecule has 1 aliphatic rings. The Kier molecular flexibility index (Phi) is 6.27. The van der Waals surface area contributed by atoms with Gasteiger partial charge in [0.2, 0.25) is 5.82 Å². The molecule has 0 amide bonds. The number of nitrogens with zero attached hydrogens (tertiary/aromatic N) is 4. The summed E-state index contributed by atoms with van der Waals surface area (Å²) in [6.07, 6.45) is 9.35. The van der Waals surface area contributed by atoms with Gasteiger partial charge in [-0.25, -0.2) is 4.79 Å². The van der Waals surface area contributed by atoms with Crippen LogP contribution in [0.25, 0.3) is 28.9 Å². The molecule has 0 unspecified atom stereocenters. The van der Waals surface area contributed by atoms with E-state index in [9.17, 15) is 4.79 Å². The molecule has 1 N–H and O–H groups in total. The maximum absolute atomic E-state index is 11.0. The van der Waals surface area contributed by atoms with Gasteiger partial charge in [-0.05, 0) is 31.4 Å². The predicted octanol–water partition coefficient (Wildman–Crippen LogP) is 4.74. The SMILES string of the molecule is COCc1c(-c2nc(-c3ccc(/C=C(\C)C(=O)O)cc3)no2)cnn1C1CCCCC1. The molecule has 0 saturated heterocycles. The van der Waals surface area contributed by atoms with Gasteiger partial charge in [0, 0.05) is 18.2 Å². The number of benzene rings is 1. The molecule has 0 radical (unpaired) electrons. The Morgan fingerprint density at radius 1 is 1.26 bits per heavy atom. The second-order valence-corrected chi connectivity index (χ2v) is 7.85. The Hall–Kier alpha value is -3.26. The van der Waals surface area contributed by atoms with Crippen molar-refractivity contribution in [2.24, 2.45) is 0 Å². The van der Waals surface area contributed by atoms with E-state index in [-0.39, 0.29) is 5.57 Å². The number of ether oxygens (including phenoxy) is 1. The van der Waals surface area contributed by atoms with Gasteiger partial charge in [0.05, 0.1) is 30.1 Å². The van der Waals surface area contributed by atoms with Crippen LogP contribution in [0.2, 0.25) is 0 Å². The molecule has 1 fully saturated rings. The highest BCUT2D eigenvalue weighted by molar-refractivity contribution is 5.91. The number of aliphatic carboxylic acids is 1. The third kappa shape index (κ3) is 4.59. The van der Waals surface area contributed by atoms with Crippen LogP contribution in [0.4, 0.5) is 0 Å². The standard InChI is InChI=1S/C23H26N4O4/c1-15(23(28)29)12-16-8-10-17(11-9-16)21-25-22(31-26-21)19-13-24-27(20(19)14-30-2)18-6-4-3-5-7-18/h8-13,18H,3-7,14H2,1-2H3,(H,28,29)/b15-12+. The summed E-state index contributed by atoms with van der Waals surface area (Å²) in [6, 6.07) is 7.73. The molecule has 0 spiro atoms. The normalized spacial score (nSPS) is 15.4. The minimum Gasteiger partial charge on any atom is -0.478 e. The minimum atomic E-state index is -0.937. The van der Waals surface area contributed by atoms with Crippen molar-refractivity contribution in [1.29, 1.82) is 0 Å². The van der Waals surface area contributed by atoms with E-state index in [0.29, 0.717) is 24.4 Å². The average molecular weight is 422 g/mol. The molecule has 8 nitrogen and oxygen atoms in total. The van der Waals surface area contributed by atoms with E-state index < -0.39 is 5.97 Å². The Labute approximate surface area is 180 Å². The number of hydrogen-bond donors (Lipinski definition) is 1. The lowest BCUT2D eigenvalue weighted by Gasteiger charge is -2.24. The fraction of sp³-hybridized carbons (Fsp3) is 0.391. The molecule has 0 aliphatic heterocycles. The van der Waals surface area contributed by atoms with Gasteiger partial charge in [-0.3, -0.25) is 4.68 Å². The molecule has 1 aromatic carbocycles. The maximum Gasteiger partial charge on any atom is 0.331 e. The first-order chi connectivity index (χ1) is 15.1. The first-order valence-corrected chi connectivity index (χ1v) is 10.5. The smallest absolute Gasteiger partial charge is 0.331 e. The summed E-state index contributed by atoms with van der Waals surface area (Å²) in [4.78, 5) is 15.6. The highest BCUT2D eigenvalue weighted by atomic mass is 16.5. The van der Waals surface area contributed by atoms with Gasteiger partial charge >= 0.3 is 5.97 Å². The van der Waals surface area contributed by atoms with E-state index in [4.69, 9.17) is 14.4 Å². The van der Waals surface area contributed by atoms with Crippen LogP contribution in [0, 0.1) is 0 Å². The number of carboxylic acid groups (broad SMARTS) is 1. The Morgan fingerprint density at radius 3 is 2.68 bits per heavy atom. The zero-order valence-corrected chi connectivity index (χ0v) is 17.7. The first kappa shape index (κ1) is 21.0. The number of aromatic nitrogens is 4. The molecular weight excluding hydrogens is 396 g/mol. The molecule has 2 aromatic heterocycles. The van der Waals surface area contributed by atoms with Crippen molar-refractivity contribution < 1.29 is 19.2 Å². The molecule has 162 valence electrons. The lowest BCUT2D eigenvalue weighted by Crippen LogP contribution is -2.17. The van der Waals surface area contributed by atoms with E-state index in [1.807, 2.05) is 24.3 Å². The minimum absolute atomic E-state index is 0.273. The van der Waals surface area contributed by atoms with E-state index in [0.717, 1.165) is 35.2 Å². The van der Waals surface area contributed by atoms with E-state index in [2.05, 4.69) is 19.9 Å². The van der Waals surface area contributed by atoms with Crippen LogP contribution in [0.1, 0.15) is 56.3 Å². The number of methoxy groups -OCH3 is 1. The highest BCUT2D eigenvalue weighted by Gasteiger charge is 2.24. The van der Waals surface area contributed by atoms with Gasteiger partial charge in [-0.2, -0.15) is 10.1 Å². The summed E-state index contributed by atoms with van der Waals surface area (Å²) in [5.41, 5.74) is 3.60. The number of carboxylic acids is 1. The molecule has 2 heterocycles. The first-order valence-electron chi connectivity index (χ1n) is 10.5. The van der Waals surface area contributed by atoms with Crippen molar-refractivity contribution in [3.63, 3.8) is 0 Å². The number of rotatable bonds is 7. The van der Waals surface area contributed by atoms with Crippen molar-refractivity contribution in [1.82, 2.24) is 19.9 Å². The van der Waals surface area contributed by atoms with Gasteiger partial charge in [-0.1, -0.05) is 48.7 Å². The lowest BCUT2D eigenvalue weighted by atomic mass is 9.95. The second-order valence-electron chi connectivity index (χ2n) is 7.85. The van der Waals surface area contributed by atoms with Gasteiger partial charge < -0.3 is 14.4 Å². The molecule has 0 atom stereocenters. The lowest BCUT2D eigenvalue weighted by molar-refractivity contribution is -0.132. The van der Waals surface area contributed by atoms with Crippen LogP contribution in [0.3, 0.4) is 0 Å². The number of hydrogen-bond acceptors (Lipinski definition) is 6. The molecule has 4 rings (SSSR count). The Morgan fingerprint density at radius 2 is 2.00 bits per heavy atom. The van der Waals surface area contributed by atoms with Crippen LogP contribution < -0.4 is 0 Å². The highest BCUT2D eigenvalue weighted by Crippen LogP contribution is 2.33. The summed E-state index contributed by atoms with van der Waals surface area (Å²) < 4.78 is 13.1. The van der Waals surface area contributed by atoms with Crippen molar-refractivity contribution in [3.8, 4) is 22.8 Å².